The summed E-state index contributed by atoms with van der Waals surface area (Å²) in [4.78, 5) is 8.73. The number of nitrogens with one attached hydrogen (secondary N) is 1. The van der Waals surface area contributed by atoms with Crippen LogP contribution in [0.15, 0.2) is 24.8 Å². The molecule has 2 aromatic rings. The molecule has 0 bridgehead atoms. The highest BCUT2D eigenvalue weighted by Gasteiger charge is 2.03. The molecule has 6 heteroatoms. The minimum absolute atomic E-state index is 0.633. The third-order valence-corrected chi connectivity index (χ3v) is 2.87. The Morgan fingerprint density at radius 3 is 2.83 bits per heavy atom. The lowest BCUT2D eigenvalue weighted by Crippen LogP contribution is -2.20. The summed E-state index contributed by atoms with van der Waals surface area (Å²) in [5.41, 5.74) is 0.929. The predicted molar refractivity (Wildman–Crippen MR) is 78.4 cm³/mol. The Kier molecular flexibility index (Phi) is 4.65. The Labute approximate surface area is 120 Å². The standard InChI is InChI=1S/C12H16IN5/c1-9(2)3-14-5-11-6-15-7-12(17-11)18-8-10(13)4-16-18/h4,6-9,14H,3,5H2,1-2H3. The molecule has 96 valence electrons. The lowest BCUT2D eigenvalue weighted by atomic mass is 10.2. The van der Waals surface area contributed by atoms with E-state index in [2.05, 4.69) is 56.8 Å². The quantitative estimate of drug-likeness (QED) is 0.832. The topological polar surface area (TPSA) is 55.6 Å². The van der Waals surface area contributed by atoms with Crippen LogP contribution in [0.2, 0.25) is 0 Å². The van der Waals surface area contributed by atoms with Crippen LogP contribution in [0.5, 0.6) is 0 Å². The van der Waals surface area contributed by atoms with Crippen molar-refractivity contribution in [1.82, 2.24) is 25.1 Å². The molecule has 5 nitrogen and oxygen atoms in total. The van der Waals surface area contributed by atoms with Crippen LogP contribution in [0, 0.1) is 9.49 Å². The lowest BCUT2D eigenvalue weighted by molar-refractivity contribution is 0.547. The first kappa shape index (κ1) is 13.4. The molecule has 0 saturated carbocycles. The Hall–Kier alpha value is -1.02. The second-order valence-electron chi connectivity index (χ2n) is 4.50. The molecule has 0 unspecified atom stereocenters. The number of rotatable bonds is 5. The van der Waals surface area contributed by atoms with Crippen LogP contribution in [0.1, 0.15) is 19.5 Å². The van der Waals surface area contributed by atoms with Crippen LogP contribution in [-0.2, 0) is 6.54 Å². The molecule has 0 radical (unpaired) electrons. The summed E-state index contributed by atoms with van der Waals surface area (Å²) in [6.45, 7) is 6.07. The van der Waals surface area contributed by atoms with Crippen LogP contribution in [0.25, 0.3) is 5.82 Å². The third kappa shape index (κ3) is 3.74. The highest BCUT2D eigenvalue weighted by Crippen LogP contribution is 2.07. The van der Waals surface area contributed by atoms with Gasteiger partial charge >= 0.3 is 0 Å². The number of aromatic nitrogens is 4. The van der Waals surface area contributed by atoms with Gasteiger partial charge in [0, 0.05) is 18.9 Å². The van der Waals surface area contributed by atoms with Crippen LogP contribution < -0.4 is 5.32 Å². The van der Waals surface area contributed by atoms with Gasteiger partial charge in [0.05, 0.1) is 21.7 Å². The third-order valence-electron chi connectivity index (χ3n) is 2.32. The summed E-state index contributed by atoms with van der Waals surface area (Å²) < 4.78 is 2.82. The largest absolute Gasteiger partial charge is 0.311 e. The zero-order valence-corrected chi connectivity index (χ0v) is 12.6. The summed E-state index contributed by atoms with van der Waals surface area (Å²) in [6, 6.07) is 0. The van der Waals surface area contributed by atoms with Gasteiger partial charge in [-0.15, -0.1) is 0 Å². The van der Waals surface area contributed by atoms with Crippen molar-refractivity contribution < 1.29 is 0 Å². The first-order chi connectivity index (χ1) is 8.65. The van der Waals surface area contributed by atoms with Gasteiger partial charge in [0.2, 0.25) is 0 Å². The zero-order valence-electron chi connectivity index (χ0n) is 10.5. The van der Waals surface area contributed by atoms with Crippen molar-refractivity contribution in [3.63, 3.8) is 0 Å². The number of halogens is 1. The van der Waals surface area contributed by atoms with E-state index < -0.39 is 0 Å². The fourth-order valence-corrected chi connectivity index (χ4v) is 1.89. The van der Waals surface area contributed by atoms with E-state index in [-0.39, 0.29) is 0 Å². The Morgan fingerprint density at radius 1 is 1.33 bits per heavy atom. The Balaban J connectivity index is 2.05. The number of hydrogen-bond donors (Lipinski definition) is 1. The average molecular weight is 357 g/mol. The molecule has 2 aromatic heterocycles. The van der Waals surface area contributed by atoms with Gasteiger partial charge in [-0.1, -0.05) is 13.8 Å². The van der Waals surface area contributed by atoms with E-state index in [1.165, 1.54) is 0 Å². The summed E-state index contributed by atoms with van der Waals surface area (Å²) >= 11 is 2.22. The summed E-state index contributed by atoms with van der Waals surface area (Å²) in [5, 5.41) is 7.57. The van der Waals surface area contributed by atoms with Crippen LogP contribution in [0.3, 0.4) is 0 Å². The van der Waals surface area contributed by atoms with E-state index in [0.29, 0.717) is 5.92 Å². The molecular formula is C12H16IN5. The van der Waals surface area contributed by atoms with Crippen molar-refractivity contribution >= 4 is 22.6 Å². The van der Waals surface area contributed by atoms with Crippen molar-refractivity contribution in [3.8, 4) is 5.82 Å². The van der Waals surface area contributed by atoms with Gasteiger partial charge in [-0.2, -0.15) is 5.10 Å². The van der Waals surface area contributed by atoms with Crippen LogP contribution >= 0.6 is 22.6 Å². The zero-order chi connectivity index (χ0) is 13.0. The van der Waals surface area contributed by atoms with Crippen LogP contribution in [0.4, 0.5) is 0 Å². The van der Waals surface area contributed by atoms with Gasteiger partial charge in [-0.3, -0.25) is 4.98 Å². The van der Waals surface area contributed by atoms with Crippen molar-refractivity contribution in [2.24, 2.45) is 5.92 Å². The highest BCUT2D eigenvalue weighted by molar-refractivity contribution is 14.1. The second kappa shape index (κ2) is 6.24. The molecule has 2 rings (SSSR count). The van der Waals surface area contributed by atoms with E-state index >= 15 is 0 Å². The van der Waals surface area contributed by atoms with Crippen molar-refractivity contribution in [2.45, 2.75) is 20.4 Å². The molecule has 0 aromatic carbocycles. The van der Waals surface area contributed by atoms with Gasteiger partial charge in [-0.25, -0.2) is 9.67 Å². The maximum absolute atomic E-state index is 4.53. The molecule has 18 heavy (non-hydrogen) atoms. The van der Waals surface area contributed by atoms with E-state index in [4.69, 9.17) is 0 Å². The van der Waals surface area contributed by atoms with Crippen molar-refractivity contribution in [1.29, 1.82) is 0 Å². The Bertz CT molecular complexity index is 509. The fourth-order valence-electron chi connectivity index (χ4n) is 1.51. The minimum Gasteiger partial charge on any atom is -0.311 e. The molecule has 0 spiro atoms. The van der Waals surface area contributed by atoms with E-state index in [9.17, 15) is 0 Å². The predicted octanol–water partition coefficient (Wildman–Crippen LogP) is 2.01. The SMILES string of the molecule is CC(C)CNCc1cncc(-n2cc(I)cn2)n1. The smallest absolute Gasteiger partial charge is 0.172 e. The van der Waals surface area contributed by atoms with Gasteiger partial charge in [0.1, 0.15) is 0 Å². The first-order valence-corrected chi connectivity index (χ1v) is 6.95. The first-order valence-electron chi connectivity index (χ1n) is 5.87. The average Bonchev–Trinajstić information content (AvgIpc) is 2.76. The van der Waals surface area contributed by atoms with Gasteiger partial charge in [-0.05, 0) is 35.1 Å². The van der Waals surface area contributed by atoms with E-state index in [0.717, 1.165) is 28.2 Å². The molecule has 0 fully saturated rings. The normalized spacial score (nSPS) is 11.1. The molecule has 0 amide bonds. The maximum atomic E-state index is 4.53. The molecule has 1 N–H and O–H groups in total. The second-order valence-corrected chi connectivity index (χ2v) is 5.74. The molecule has 0 atom stereocenters. The van der Waals surface area contributed by atoms with Crippen LogP contribution in [-0.4, -0.2) is 26.3 Å². The summed E-state index contributed by atoms with van der Waals surface area (Å²) in [7, 11) is 0. The Morgan fingerprint density at radius 2 is 2.17 bits per heavy atom. The monoisotopic (exact) mass is 357 g/mol. The number of nitrogens with zero attached hydrogens (tertiary/aromatic N) is 4. The lowest BCUT2D eigenvalue weighted by Gasteiger charge is -2.07. The van der Waals surface area contributed by atoms with Gasteiger partial charge < -0.3 is 5.32 Å². The molecule has 2 heterocycles. The van der Waals surface area contributed by atoms with Crippen molar-refractivity contribution in [3.05, 3.63) is 34.1 Å². The van der Waals surface area contributed by atoms with Gasteiger partial charge in [0.25, 0.3) is 0 Å². The molecule has 0 aliphatic heterocycles. The minimum atomic E-state index is 0.633. The molecular weight excluding hydrogens is 341 g/mol. The molecule has 0 aliphatic carbocycles. The fraction of sp³-hybridized carbons (Fsp3) is 0.417. The van der Waals surface area contributed by atoms with Gasteiger partial charge in [0.15, 0.2) is 5.82 Å². The molecule has 0 saturated heterocycles. The summed E-state index contributed by atoms with van der Waals surface area (Å²) in [6.07, 6.45) is 7.22. The maximum Gasteiger partial charge on any atom is 0.172 e. The highest BCUT2D eigenvalue weighted by atomic mass is 127. The van der Waals surface area contributed by atoms with E-state index in [1.54, 1.807) is 23.3 Å². The van der Waals surface area contributed by atoms with Crippen molar-refractivity contribution in [2.75, 3.05) is 6.54 Å². The molecule has 0 aliphatic rings. The number of hydrogen-bond acceptors (Lipinski definition) is 4. The van der Waals surface area contributed by atoms with E-state index in [1.807, 2.05) is 6.20 Å². The summed E-state index contributed by atoms with van der Waals surface area (Å²) in [5.74, 6) is 1.38.